The van der Waals surface area contributed by atoms with Crippen LogP contribution in [0.25, 0.3) is 0 Å². The van der Waals surface area contributed by atoms with Crippen LogP contribution in [0.15, 0.2) is 24.3 Å². The SMILES string of the molecule is O=C1[C@H](c2ccc(F)cc2)N(C2CCCCC2)C(=O)CN1C1CCCC1. The minimum Gasteiger partial charge on any atom is -0.328 e. The van der Waals surface area contributed by atoms with Gasteiger partial charge in [-0.15, -0.1) is 0 Å². The van der Waals surface area contributed by atoms with Crippen LogP contribution >= 0.6 is 0 Å². The normalized spacial score (nSPS) is 26.0. The highest BCUT2D eigenvalue weighted by molar-refractivity contribution is 5.96. The van der Waals surface area contributed by atoms with Crippen molar-refractivity contribution in [2.45, 2.75) is 75.9 Å². The Kier molecular flexibility index (Phi) is 4.96. The fourth-order valence-corrected chi connectivity index (χ4v) is 4.97. The molecule has 0 N–H and O–H groups in total. The van der Waals surface area contributed by atoms with Gasteiger partial charge in [-0.2, -0.15) is 0 Å². The molecule has 1 aromatic rings. The largest absolute Gasteiger partial charge is 0.328 e. The number of halogens is 1. The molecule has 3 aliphatic rings. The van der Waals surface area contributed by atoms with Gasteiger partial charge in [-0.05, 0) is 43.4 Å². The van der Waals surface area contributed by atoms with Crippen molar-refractivity contribution in [2.75, 3.05) is 6.54 Å². The molecule has 0 spiro atoms. The third-order valence-electron chi connectivity index (χ3n) is 6.31. The van der Waals surface area contributed by atoms with E-state index < -0.39 is 6.04 Å². The molecule has 0 radical (unpaired) electrons. The Morgan fingerprint density at radius 1 is 0.808 bits per heavy atom. The Morgan fingerprint density at radius 2 is 1.38 bits per heavy atom. The summed E-state index contributed by atoms with van der Waals surface area (Å²) in [6.07, 6.45) is 9.53. The lowest BCUT2D eigenvalue weighted by atomic mass is 9.90. The first kappa shape index (κ1) is 17.5. The number of piperazine rings is 1. The number of nitrogens with zero attached hydrogens (tertiary/aromatic N) is 2. The fraction of sp³-hybridized carbons (Fsp3) is 0.619. The number of benzene rings is 1. The van der Waals surface area contributed by atoms with Gasteiger partial charge in [-0.1, -0.05) is 44.2 Å². The highest BCUT2D eigenvalue weighted by Crippen LogP contribution is 2.37. The second kappa shape index (κ2) is 7.37. The van der Waals surface area contributed by atoms with Gasteiger partial charge < -0.3 is 9.80 Å². The Balaban J connectivity index is 1.68. The van der Waals surface area contributed by atoms with Crippen LogP contribution < -0.4 is 0 Å². The standard InChI is InChI=1S/C21H27FN2O2/c22-16-12-10-15(11-13-16)20-21(26)23(17-6-4-5-7-17)14-19(25)24(20)18-8-2-1-3-9-18/h10-13,17-18,20H,1-9,14H2/t20-/m0/s1. The van der Waals surface area contributed by atoms with Gasteiger partial charge in [0.1, 0.15) is 18.4 Å². The van der Waals surface area contributed by atoms with Crippen molar-refractivity contribution in [3.05, 3.63) is 35.6 Å². The van der Waals surface area contributed by atoms with Gasteiger partial charge in [0.25, 0.3) is 5.91 Å². The van der Waals surface area contributed by atoms with E-state index in [1.54, 1.807) is 12.1 Å². The maximum Gasteiger partial charge on any atom is 0.250 e. The molecule has 2 amide bonds. The predicted molar refractivity (Wildman–Crippen MR) is 96.8 cm³/mol. The summed E-state index contributed by atoms with van der Waals surface area (Å²) in [5, 5.41) is 0. The molecule has 3 fully saturated rings. The van der Waals surface area contributed by atoms with Crippen molar-refractivity contribution in [3.63, 3.8) is 0 Å². The molecular weight excluding hydrogens is 331 g/mol. The molecule has 1 saturated heterocycles. The van der Waals surface area contributed by atoms with Crippen molar-refractivity contribution in [2.24, 2.45) is 0 Å². The van der Waals surface area contributed by atoms with E-state index in [0.29, 0.717) is 0 Å². The zero-order chi connectivity index (χ0) is 18.1. The first-order valence-corrected chi connectivity index (χ1v) is 10.0. The molecule has 1 atom stereocenters. The van der Waals surface area contributed by atoms with E-state index in [4.69, 9.17) is 0 Å². The molecule has 4 nitrogen and oxygen atoms in total. The van der Waals surface area contributed by atoms with Crippen molar-refractivity contribution in [3.8, 4) is 0 Å². The fourth-order valence-electron chi connectivity index (χ4n) is 4.97. The van der Waals surface area contributed by atoms with Crippen LogP contribution in [0, 0.1) is 5.82 Å². The highest BCUT2D eigenvalue weighted by atomic mass is 19.1. The summed E-state index contributed by atoms with van der Waals surface area (Å²) in [5.74, 6) is -0.244. The molecule has 2 saturated carbocycles. The van der Waals surface area contributed by atoms with Gasteiger partial charge >= 0.3 is 0 Å². The van der Waals surface area contributed by atoms with E-state index in [0.717, 1.165) is 56.9 Å². The minimum absolute atomic E-state index is 0.0219. The summed E-state index contributed by atoms with van der Waals surface area (Å²) in [7, 11) is 0. The third-order valence-corrected chi connectivity index (χ3v) is 6.31. The van der Waals surface area contributed by atoms with Gasteiger partial charge in [0.2, 0.25) is 5.91 Å². The van der Waals surface area contributed by atoms with Crippen LogP contribution in [0.5, 0.6) is 0 Å². The van der Waals surface area contributed by atoms with Gasteiger partial charge in [0.05, 0.1) is 0 Å². The van der Waals surface area contributed by atoms with E-state index in [1.807, 2.05) is 9.80 Å². The highest BCUT2D eigenvalue weighted by Gasteiger charge is 2.45. The van der Waals surface area contributed by atoms with Crippen molar-refractivity contribution in [1.82, 2.24) is 9.80 Å². The van der Waals surface area contributed by atoms with E-state index in [9.17, 15) is 14.0 Å². The molecule has 140 valence electrons. The van der Waals surface area contributed by atoms with Gasteiger partial charge in [-0.25, -0.2) is 4.39 Å². The Hall–Kier alpha value is -1.91. The maximum atomic E-state index is 13.4. The summed E-state index contributed by atoms with van der Waals surface area (Å²) >= 11 is 0. The van der Waals surface area contributed by atoms with Crippen molar-refractivity contribution >= 4 is 11.8 Å². The van der Waals surface area contributed by atoms with Crippen LogP contribution in [-0.2, 0) is 9.59 Å². The van der Waals surface area contributed by atoms with Crippen LogP contribution in [-0.4, -0.2) is 40.2 Å². The van der Waals surface area contributed by atoms with Gasteiger partial charge in [0.15, 0.2) is 0 Å². The molecule has 0 aromatic heterocycles. The van der Waals surface area contributed by atoms with Crippen molar-refractivity contribution in [1.29, 1.82) is 0 Å². The number of hydrogen-bond donors (Lipinski definition) is 0. The van der Waals surface area contributed by atoms with Crippen LogP contribution in [0.2, 0.25) is 0 Å². The molecule has 4 rings (SSSR count). The van der Waals surface area contributed by atoms with Gasteiger partial charge in [-0.3, -0.25) is 9.59 Å². The van der Waals surface area contributed by atoms with E-state index in [1.165, 1.54) is 18.6 Å². The second-order valence-corrected chi connectivity index (χ2v) is 7.95. The first-order valence-electron chi connectivity index (χ1n) is 10.0. The molecule has 2 aliphatic carbocycles. The zero-order valence-corrected chi connectivity index (χ0v) is 15.2. The van der Waals surface area contributed by atoms with E-state index >= 15 is 0 Å². The van der Waals surface area contributed by atoms with E-state index in [2.05, 4.69) is 0 Å². The predicted octanol–water partition coefficient (Wildman–Crippen LogP) is 3.81. The second-order valence-electron chi connectivity index (χ2n) is 7.95. The smallest absolute Gasteiger partial charge is 0.250 e. The number of hydrogen-bond acceptors (Lipinski definition) is 2. The third kappa shape index (κ3) is 3.24. The van der Waals surface area contributed by atoms with Crippen LogP contribution in [0.4, 0.5) is 4.39 Å². The molecule has 0 unspecified atom stereocenters. The Bertz CT molecular complexity index is 663. The average molecular weight is 358 g/mol. The molecule has 1 aliphatic heterocycles. The molecule has 1 aromatic carbocycles. The molecule has 1 heterocycles. The quantitative estimate of drug-likeness (QED) is 0.824. The zero-order valence-electron chi connectivity index (χ0n) is 15.2. The van der Waals surface area contributed by atoms with Crippen LogP contribution in [0.3, 0.4) is 0 Å². The van der Waals surface area contributed by atoms with Gasteiger partial charge in [0, 0.05) is 12.1 Å². The molecule has 0 bridgehead atoms. The summed E-state index contributed by atoms with van der Waals surface area (Å²) in [6.45, 7) is 0.206. The minimum atomic E-state index is -0.597. The first-order chi connectivity index (χ1) is 12.6. The monoisotopic (exact) mass is 358 g/mol. The maximum absolute atomic E-state index is 13.4. The summed E-state index contributed by atoms with van der Waals surface area (Å²) in [5.41, 5.74) is 0.734. The Labute approximate surface area is 154 Å². The Morgan fingerprint density at radius 3 is 2.04 bits per heavy atom. The lowest BCUT2D eigenvalue weighted by molar-refractivity contribution is -0.162. The van der Waals surface area contributed by atoms with Crippen LogP contribution in [0.1, 0.15) is 69.4 Å². The summed E-state index contributed by atoms with van der Waals surface area (Å²) in [6, 6.07) is 5.82. The van der Waals surface area contributed by atoms with E-state index in [-0.39, 0.29) is 36.3 Å². The topological polar surface area (TPSA) is 40.6 Å². The number of amides is 2. The lowest BCUT2D eigenvalue weighted by Gasteiger charge is -2.47. The number of carbonyl (C=O) groups is 2. The molecule has 5 heteroatoms. The summed E-state index contributed by atoms with van der Waals surface area (Å²) < 4.78 is 13.4. The molecular formula is C21H27FN2O2. The number of carbonyl (C=O) groups excluding carboxylic acids is 2. The molecule has 26 heavy (non-hydrogen) atoms. The lowest BCUT2D eigenvalue weighted by Crippen LogP contribution is -2.60. The summed E-state index contributed by atoms with van der Waals surface area (Å²) in [4.78, 5) is 30.2. The van der Waals surface area contributed by atoms with Crippen molar-refractivity contribution < 1.29 is 14.0 Å². The number of rotatable bonds is 3. The average Bonchev–Trinajstić information content (AvgIpc) is 3.19.